The van der Waals surface area contributed by atoms with Crippen LogP contribution in [0.4, 0.5) is 5.69 Å². The molecule has 1 fully saturated rings. The van der Waals surface area contributed by atoms with E-state index in [0.29, 0.717) is 27.9 Å². The van der Waals surface area contributed by atoms with Crippen molar-refractivity contribution in [3.05, 3.63) is 107 Å². The Balaban J connectivity index is 0.929. The number of aryl methyl sites for hydroxylation is 2. The molecular weight excluding hydrogens is 1060 g/mol. The summed E-state index contributed by atoms with van der Waals surface area (Å²) in [4.78, 5) is 65.4. The number of hydrogen-bond acceptors (Lipinski definition) is 16. The second-order valence-electron chi connectivity index (χ2n) is 18.1. The molecular formula is C43H47N5O20P3S2+. The van der Waals surface area contributed by atoms with E-state index in [0.717, 1.165) is 128 Å². The lowest BCUT2D eigenvalue weighted by atomic mass is 9.82. The Morgan fingerprint density at radius 1 is 0.863 bits per heavy atom. The fraction of sp³-hybridized carbons (Fsp3) is 0.419. The van der Waals surface area contributed by atoms with Gasteiger partial charge in [0.15, 0.2) is 0 Å². The van der Waals surface area contributed by atoms with Crippen LogP contribution in [-0.4, -0.2) is 107 Å². The second-order valence-corrected chi connectivity index (χ2v) is 25.7. The van der Waals surface area contributed by atoms with Gasteiger partial charge in [-0.25, -0.2) is 31.5 Å². The number of rotatable bonds is 13. The van der Waals surface area contributed by atoms with Gasteiger partial charge in [-0.05, 0) is 68.4 Å². The molecule has 1 saturated heterocycles. The van der Waals surface area contributed by atoms with Crippen molar-refractivity contribution in [3.63, 3.8) is 0 Å². The summed E-state index contributed by atoms with van der Waals surface area (Å²) in [5.74, 6) is 6.13. The van der Waals surface area contributed by atoms with E-state index in [1.807, 2.05) is 17.1 Å². The number of aliphatic hydroxyl groups is 1. The predicted molar refractivity (Wildman–Crippen MR) is 254 cm³/mol. The van der Waals surface area contributed by atoms with E-state index in [1.54, 1.807) is 0 Å². The predicted octanol–water partition coefficient (Wildman–Crippen LogP) is 0.540. The van der Waals surface area contributed by atoms with Crippen molar-refractivity contribution in [2.75, 3.05) is 44.2 Å². The van der Waals surface area contributed by atoms with Gasteiger partial charge in [-0.3, -0.25) is 23.4 Å². The summed E-state index contributed by atoms with van der Waals surface area (Å²) in [6, 6.07) is 7.56. The van der Waals surface area contributed by atoms with E-state index in [1.165, 1.54) is 12.1 Å². The molecule has 10 rings (SSSR count). The van der Waals surface area contributed by atoms with Crippen LogP contribution < -0.4 is 40.8 Å². The molecule has 4 aromatic rings. The van der Waals surface area contributed by atoms with Gasteiger partial charge in [-0.2, -0.15) is 21.8 Å². The number of sulfonamides is 1. The fourth-order valence-corrected chi connectivity index (χ4v) is 15.3. The first-order chi connectivity index (χ1) is 34.4. The normalized spacial score (nSPS) is 21.9. The van der Waals surface area contributed by atoms with Crippen molar-refractivity contribution >= 4 is 54.9 Å². The fourth-order valence-electron chi connectivity index (χ4n) is 10.5. The SMILES string of the molecule is O=c1[nH]c(=O)n(C2CC(O)C(COP(=O)(O)OP(=O)(O)OP(=O)(O)O)O2)cc1C#CCNS(=O)(=O)c1ccc(C2=c3cc4c5c(c3Oc3c2cc2c6c3CCCN6CCC2)CCC[N+]=5CCC4)c(S(=O)(=O)O)c1. The van der Waals surface area contributed by atoms with Crippen molar-refractivity contribution in [2.24, 2.45) is 0 Å². The molecule has 7 heterocycles. The molecule has 390 valence electrons. The number of phosphoric ester groups is 1. The van der Waals surface area contributed by atoms with Crippen LogP contribution in [0.15, 0.2) is 55.9 Å². The average Bonchev–Trinajstić information content (AvgIpc) is 3.68. The molecule has 0 aliphatic carbocycles. The van der Waals surface area contributed by atoms with Crippen LogP contribution in [-0.2, 0) is 77.4 Å². The van der Waals surface area contributed by atoms with Gasteiger partial charge >= 0.3 is 29.2 Å². The molecule has 73 heavy (non-hydrogen) atoms. The maximum atomic E-state index is 13.8. The third kappa shape index (κ3) is 10.4. The van der Waals surface area contributed by atoms with Gasteiger partial charge in [0.2, 0.25) is 15.4 Å². The quantitative estimate of drug-likeness (QED) is 0.0345. The van der Waals surface area contributed by atoms with Crippen LogP contribution in [0.3, 0.4) is 0 Å². The largest absolute Gasteiger partial charge is 0.490 e. The zero-order valence-corrected chi connectivity index (χ0v) is 42.5. The summed E-state index contributed by atoms with van der Waals surface area (Å²) in [5, 5.41) is 12.3. The zero-order chi connectivity index (χ0) is 52.0. The highest BCUT2D eigenvalue weighted by molar-refractivity contribution is 7.89. The molecule has 0 bridgehead atoms. The van der Waals surface area contributed by atoms with Gasteiger partial charge in [0.1, 0.15) is 47.4 Å². The highest BCUT2D eigenvalue weighted by Gasteiger charge is 2.44. The van der Waals surface area contributed by atoms with Crippen LogP contribution in [0, 0.1) is 11.8 Å². The number of ether oxygens (including phenoxy) is 2. The Morgan fingerprint density at radius 2 is 1.58 bits per heavy atom. The van der Waals surface area contributed by atoms with Gasteiger partial charge in [0.25, 0.3) is 15.7 Å². The Kier molecular flexibility index (Phi) is 13.6. The number of anilines is 1. The number of fused-ring (bicyclic) bond motifs is 4. The zero-order valence-electron chi connectivity index (χ0n) is 38.2. The third-order valence-electron chi connectivity index (χ3n) is 13.4. The minimum Gasteiger partial charge on any atom is -0.455 e. The first-order valence-electron chi connectivity index (χ1n) is 22.9. The molecule has 6 aliphatic heterocycles. The van der Waals surface area contributed by atoms with Gasteiger partial charge in [-0.1, -0.05) is 17.9 Å². The molecule has 8 N–H and O–H groups in total. The van der Waals surface area contributed by atoms with E-state index in [9.17, 15) is 59.6 Å². The minimum atomic E-state index is -5.84. The van der Waals surface area contributed by atoms with E-state index in [2.05, 4.69) is 39.2 Å². The molecule has 25 nitrogen and oxygen atoms in total. The number of nitrogens with one attached hydrogen (secondary N) is 2. The van der Waals surface area contributed by atoms with E-state index >= 15 is 0 Å². The number of benzene rings is 3. The van der Waals surface area contributed by atoms with Crippen LogP contribution in [0.1, 0.15) is 77.3 Å². The maximum Gasteiger partial charge on any atom is 0.490 e. The van der Waals surface area contributed by atoms with E-state index in [-0.39, 0.29) is 5.56 Å². The third-order valence-corrected chi connectivity index (χ3v) is 19.5. The molecule has 5 atom stereocenters. The monoisotopic (exact) mass is 1110 g/mol. The van der Waals surface area contributed by atoms with Crippen molar-refractivity contribution in [1.82, 2.24) is 18.8 Å². The summed E-state index contributed by atoms with van der Waals surface area (Å²) in [7, 11) is -26.8. The lowest BCUT2D eigenvalue weighted by Crippen LogP contribution is -2.45. The van der Waals surface area contributed by atoms with Crippen LogP contribution in [0.2, 0.25) is 0 Å². The summed E-state index contributed by atoms with van der Waals surface area (Å²) in [6.07, 6.45) is 2.79. The summed E-state index contributed by atoms with van der Waals surface area (Å²) in [6.45, 7) is 1.92. The average molecular weight is 1110 g/mol. The maximum absolute atomic E-state index is 13.8. The first kappa shape index (κ1) is 51.8. The number of nitrogens with zero attached hydrogens (tertiary/aromatic N) is 3. The minimum absolute atomic E-state index is 0.0806. The Labute approximate surface area is 415 Å². The van der Waals surface area contributed by atoms with Gasteiger partial charge < -0.3 is 39.1 Å². The number of aliphatic hydroxyl groups excluding tert-OH is 1. The molecule has 0 amide bonds. The molecule has 0 spiro atoms. The van der Waals surface area contributed by atoms with Crippen molar-refractivity contribution in [1.29, 1.82) is 0 Å². The summed E-state index contributed by atoms with van der Waals surface area (Å²) >= 11 is 0. The van der Waals surface area contributed by atoms with Crippen LogP contribution >= 0.6 is 23.5 Å². The van der Waals surface area contributed by atoms with Gasteiger partial charge in [0, 0.05) is 77.3 Å². The summed E-state index contributed by atoms with van der Waals surface area (Å²) < 4.78 is 130. The van der Waals surface area contributed by atoms with Gasteiger partial charge in [-0.15, -0.1) is 0 Å². The van der Waals surface area contributed by atoms with E-state index in [4.69, 9.17) is 19.3 Å². The molecule has 0 radical (unpaired) electrons. The number of phosphoric acid groups is 3. The standard InChI is InChI=1S/C43H46N5O20P3S2/c49-33-21-36(65-34(33)23-64-70(55,56)68-71(57,58)67-69(52,53)54)48-22-26(42(50)45-43(48)51)6-1-13-44-72(59,60)27-11-12-28(35(20-27)73(61,62)63)37-31-18-24-7-2-14-46-16-4-9-29(38(24)46)40(31)66-41-30-10-5-17-47-15-3-8-25(39(30)47)19-32(37)41/h11-12,18-20,22,33-34,36,44,49H,2-5,7-10,13-17,21,23H2,(H5-,45,50,51,52,53,54,55,56,57,58,61,62,63)/p+1. The van der Waals surface area contributed by atoms with Crippen LogP contribution in [0.5, 0.6) is 11.5 Å². The Hall–Kier alpha value is -4.68. The van der Waals surface area contributed by atoms with Crippen molar-refractivity contribution < 1.29 is 82.4 Å². The molecule has 6 aliphatic rings. The molecule has 0 saturated carbocycles. The van der Waals surface area contributed by atoms with Gasteiger partial charge in [0.05, 0.1) is 29.7 Å². The summed E-state index contributed by atoms with van der Waals surface area (Å²) in [5.41, 5.74) is 4.16. The van der Waals surface area contributed by atoms with E-state index < -0.39 is 108 Å². The molecule has 5 unspecified atom stereocenters. The molecule has 30 heteroatoms. The van der Waals surface area contributed by atoms with Crippen LogP contribution in [0.25, 0.3) is 5.57 Å². The number of H-pyrrole nitrogens is 1. The lowest BCUT2D eigenvalue weighted by Gasteiger charge is -2.39. The lowest BCUT2D eigenvalue weighted by molar-refractivity contribution is -0.0450. The topological polar surface area (TPSA) is 360 Å². The highest BCUT2D eigenvalue weighted by atomic mass is 32.2. The number of hydrogen-bond donors (Lipinski definition) is 8. The Morgan fingerprint density at radius 3 is 2.32 bits per heavy atom. The second kappa shape index (κ2) is 19.2. The smallest absolute Gasteiger partial charge is 0.455 e. The Bertz CT molecular complexity index is 3730. The van der Waals surface area contributed by atoms with Crippen molar-refractivity contribution in [3.8, 4) is 23.3 Å². The first-order valence-corrected chi connectivity index (χ1v) is 30.3. The highest BCUT2D eigenvalue weighted by Crippen LogP contribution is 2.66. The number of aromatic nitrogens is 2. The number of aromatic amines is 1. The van der Waals surface area contributed by atoms with Crippen molar-refractivity contribution in [2.45, 2.75) is 86.0 Å². The molecule has 3 aromatic carbocycles. The molecule has 1 aromatic heterocycles.